The first kappa shape index (κ1) is 48.5. The molecule has 0 aromatic heterocycles. The van der Waals surface area contributed by atoms with E-state index in [-0.39, 0.29) is 153 Å². The van der Waals surface area contributed by atoms with Gasteiger partial charge in [-0.2, -0.15) is 0 Å². The number of ether oxygens (including phenoxy) is 3. The molecular weight excluding hydrogens is 594 g/mol. The molecule has 2 fully saturated rings. The molecule has 0 spiro atoms. The summed E-state index contributed by atoms with van der Waals surface area (Å²) in [5.74, 6) is -0.237. The van der Waals surface area contributed by atoms with Crippen LogP contribution in [0.1, 0.15) is 101 Å². The molecule has 0 radical (unpaired) electrons. The van der Waals surface area contributed by atoms with E-state index in [0.717, 1.165) is 58.5 Å². The Morgan fingerprint density at radius 3 is 1.37 bits per heavy atom. The molecule has 0 atom stereocenters. The SMILES string of the molecule is CC(=O)OC1CCC(NC(=O)OC(C)(C)C)CC1.CC(C)(C)OC(=O)NC1CCC(O)CC1.CO.O=CO[O-].[H-].[K+].[K+]. The van der Waals surface area contributed by atoms with Gasteiger partial charge in [0.2, 0.25) is 0 Å². The fourth-order valence-electron chi connectivity index (χ4n) is 3.73. The number of carbonyl (C=O) groups is 4. The van der Waals surface area contributed by atoms with Crippen LogP contribution in [0.15, 0.2) is 0 Å². The van der Waals surface area contributed by atoms with Gasteiger partial charge in [0, 0.05) is 26.1 Å². The molecule has 0 saturated heterocycles. The molecule has 2 aliphatic rings. The molecule has 2 rings (SSSR count). The van der Waals surface area contributed by atoms with Crippen molar-refractivity contribution in [2.24, 2.45) is 0 Å². The van der Waals surface area contributed by atoms with Crippen LogP contribution in [0, 0.1) is 0 Å². The molecule has 4 N–H and O–H groups in total. The molecule has 0 heterocycles. The van der Waals surface area contributed by atoms with Crippen molar-refractivity contribution in [2.45, 2.75) is 135 Å². The predicted molar refractivity (Wildman–Crippen MR) is 141 cm³/mol. The number of amides is 2. The van der Waals surface area contributed by atoms with Gasteiger partial charge in [0.1, 0.15) is 17.3 Å². The first-order chi connectivity index (χ1) is 18.0. The molecule has 0 bridgehead atoms. The van der Waals surface area contributed by atoms with Gasteiger partial charge in [-0.05, 0) is 92.9 Å². The number of esters is 1. The monoisotopic (exact) mass is 644 g/mol. The Balaban J connectivity index is -0.000000174. The third-order valence-electron chi connectivity index (χ3n) is 5.18. The van der Waals surface area contributed by atoms with Crippen molar-refractivity contribution < 1.29 is 158 Å². The van der Waals surface area contributed by atoms with Crippen molar-refractivity contribution in [3.63, 3.8) is 0 Å². The average Bonchev–Trinajstić information content (AvgIpc) is 2.81. The van der Waals surface area contributed by atoms with Crippen molar-refractivity contribution in [1.29, 1.82) is 0 Å². The summed E-state index contributed by atoms with van der Waals surface area (Å²) in [4.78, 5) is 45.0. The summed E-state index contributed by atoms with van der Waals surface area (Å²) in [5, 5.41) is 30.4. The molecule has 0 aromatic rings. The summed E-state index contributed by atoms with van der Waals surface area (Å²) in [6.07, 6.45) is 5.49. The van der Waals surface area contributed by atoms with Gasteiger partial charge in [0.15, 0.2) is 0 Å². The van der Waals surface area contributed by atoms with Gasteiger partial charge in [0.05, 0.1) is 6.10 Å². The second-order valence-corrected chi connectivity index (χ2v) is 11.1. The van der Waals surface area contributed by atoms with Crippen LogP contribution in [0.4, 0.5) is 9.59 Å². The number of alkyl carbamates (subject to hydrolysis) is 2. The molecule has 41 heavy (non-hydrogen) atoms. The number of aliphatic hydroxyl groups excluding tert-OH is 2. The maximum absolute atomic E-state index is 11.6. The number of aliphatic hydroxyl groups is 2. The molecule has 2 amide bonds. The molecule has 2 aliphatic carbocycles. The van der Waals surface area contributed by atoms with Gasteiger partial charge in [-0.15, -0.1) is 0 Å². The molecule has 232 valence electrons. The second-order valence-electron chi connectivity index (χ2n) is 11.1. The van der Waals surface area contributed by atoms with E-state index >= 15 is 0 Å². The largest absolute Gasteiger partial charge is 1.00 e. The second kappa shape index (κ2) is 27.0. The van der Waals surface area contributed by atoms with Gasteiger partial charge >= 0.3 is 121 Å². The minimum atomic E-state index is -0.473. The Morgan fingerprint density at radius 2 is 1.10 bits per heavy atom. The normalized spacial score (nSPS) is 21.2. The first-order valence-corrected chi connectivity index (χ1v) is 13.1. The van der Waals surface area contributed by atoms with Crippen LogP contribution >= 0.6 is 0 Å². The Kier molecular flexibility index (Phi) is 31.9. The standard InChI is InChI=1S/C13H23NO4.C11H21NO3.CH2O3.CH4O.2K.H/c1-9(15)17-11-7-5-10(6-8-11)14-12(16)18-13(2,3)4;1-11(2,3)15-10(14)12-8-4-6-9(13)7-5-8;2-1-4-3;1-2;;;/h10-11H,5-8H2,1-4H3,(H,14,16);8-9,13H,4-7H2,1-3H3,(H,12,14);1,3H;2H,1H3;;;/q;;;;2*+1;-1/p-1. The number of hydrogen-bond acceptors (Lipinski definition) is 11. The van der Waals surface area contributed by atoms with E-state index in [0.29, 0.717) is 0 Å². The minimum absolute atomic E-state index is 0. The van der Waals surface area contributed by atoms with Gasteiger partial charge < -0.3 is 46.6 Å². The van der Waals surface area contributed by atoms with E-state index in [2.05, 4.69) is 15.5 Å². The van der Waals surface area contributed by atoms with E-state index in [1.165, 1.54) is 6.92 Å². The van der Waals surface area contributed by atoms with E-state index in [1.54, 1.807) is 0 Å². The van der Waals surface area contributed by atoms with Crippen LogP contribution in [0.2, 0.25) is 0 Å². The summed E-state index contributed by atoms with van der Waals surface area (Å²) < 4.78 is 15.5. The zero-order valence-corrected chi connectivity index (χ0v) is 32.9. The van der Waals surface area contributed by atoms with Crippen LogP contribution in [0.5, 0.6) is 0 Å². The van der Waals surface area contributed by atoms with E-state index in [9.17, 15) is 19.5 Å². The van der Waals surface area contributed by atoms with Gasteiger partial charge in [-0.3, -0.25) is 9.59 Å². The van der Waals surface area contributed by atoms with Crippen molar-refractivity contribution in [3.8, 4) is 0 Å². The van der Waals surface area contributed by atoms with E-state index in [1.807, 2.05) is 41.5 Å². The van der Waals surface area contributed by atoms with Gasteiger partial charge in [0.25, 0.3) is 6.47 Å². The summed E-state index contributed by atoms with van der Waals surface area (Å²) in [7, 11) is 1.00. The summed E-state index contributed by atoms with van der Waals surface area (Å²) in [6.45, 7) is 12.3. The Bertz CT molecular complexity index is 707. The number of rotatable bonds is 4. The quantitative estimate of drug-likeness (QED) is 0.0589. The van der Waals surface area contributed by atoms with Crippen molar-refractivity contribution in [2.75, 3.05) is 7.11 Å². The third kappa shape index (κ3) is 31.9. The van der Waals surface area contributed by atoms with Crippen molar-refractivity contribution in [3.05, 3.63) is 0 Å². The predicted octanol–water partition coefficient (Wildman–Crippen LogP) is -3.64. The smallest absolute Gasteiger partial charge is 1.00 e. The number of nitrogens with one attached hydrogen (secondary N) is 2. The van der Waals surface area contributed by atoms with Crippen LogP contribution in [0.3, 0.4) is 0 Å². The molecule has 0 unspecified atom stereocenters. The van der Waals surface area contributed by atoms with Gasteiger partial charge in [-0.1, -0.05) is 0 Å². The fourth-order valence-corrected chi connectivity index (χ4v) is 3.73. The summed E-state index contributed by atoms with van der Waals surface area (Å²) >= 11 is 0. The topological polar surface area (TPSA) is 193 Å². The van der Waals surface area contributed by atoms with Crippen LogP contribution in [-0.4, -0.2) is 77.4 Å². The summed E-state index contributed by atoms with van der Waals surface area (Å²) in [6, 6.07) is 0.273. The van der Waals surface area contributed by atoms with E-state index < -0.39 is 11.2 Å². The maximum Gasteiger partial charge on any atom is 1.00 e. The number of hydrogen-bond donors (Lipinski definition) is 4. The minimum Gasteiger partial charge on any atom is -1.00 e. The zero-order chi connectivity index (χ0) is 30.6. The maximum atomic E-state index is 11.6. The van der Waals surface area contributed by atoms with Crippen LogP contribution in [0.25, 0.3) is 0 Å². The molecule has 15 heteroatoms. The molecule has 0 aliphatic heterocycles. The third-order valence-corrected chi connectivity index (χ3v) is 5.18. The number of carbonyl (C=O) groups excluding carboxylic acids is 4. The fraction of sp³-hybridized carbons (Fsp3) is 0.846. The Morgan fingerprint density at radius 1 is 0.780 bits per heavy atom. The zero-order valence-electron chi connectivity index (χ0n) is 27.6. The van der Waals surface area contributed by atoms with Crippen molar-refractivity contribution in [1.82, 2.24) is 10.6 Å². The average molecular weight is 645 g/mol. The molecule has 2 saturated carbocycles. The Hall–Kier alpha value is 0.633. The van der Waals surface area contributed by atoms with Crippen LogP contribution in [-0.2, 0) is 28.7 Å². The molecular formula is C26H50K2N2O11. The summed E-state index contributed by atoms with van der Waals surface area (Å²) in [5.41, 5.74) is -0.919. The van der Waals surface area contributed by atoms with E-state index in [4.69, 9.17) is 29.4 Å². The van der Waals surface area contributed by atoms with Gasteiger partial charge in [-0.25, -0.2) is 9.59 Å². The first-order valence-electron chi connectivity index (χ1n) is 13.1. The Labute approximate surface area is 331 Å². The van der Waals surface area contributed by atoms with Crippen molar-refractivity contribution >= 4 is 24.6 Å². The molecule has 0 aromatic carbocycles. The van der Waals surface area contributed by atoms with Crippen LogP contribution < -0.4 is 119 Å². The molecule has 13 nitrogen and oxygen atoms in total.